The largest absolute Gasteiger partial charge is 0.507 e. The van der Waals surface area contributed by atoms with Gasteiger partial charge in [0.15, 0.2) is 11.0 Å². The van der Waals surface area contributed by atoms with Crippen molar-refractivity contribution in [3.63, 3.8) is 0 Å². The van der Waals surface area contributed by atoms with Crippen molar-refractivity contribution in [3.8, 4) is 17.1 Å². The van der Waals surface area contributed by atoms with Gasteiger partial charge < -0.3 is 15.0 Å². The first kappa shape index (κ1) is 20.3. The Morgan fingerprint density at radius 3 is 2.64 bits per heavy atom. The van der Waals surface area contributed by atoms with E-state index < -0.39 is 6.43 Å². The van der Waals surface area contributed by atoms with Crippen LogP contribution in [0.2, 0.25) is 0 Å². The molecule has 0 fully saturated rings. The van der Waals surface area contributed by atoms with Gasteiger partial charge in [0.05, 0.1) is 11.3 Å². The predicted octanol–water partition coefficient (Wildman–Crippen LogP) is 4.62. The Hall–Kier alpha value is -2.46. The highest BCUT2D eigenvalue weighted by molar-refractivity contribution is 9.10. The van der Waals surface area contributed by atoms with Crippen molar-refractivity contribution in [1.82, 2.24) is 14.8 Å². The number of phenols is 1. The van der Waals surface area contributed by atoms with Gasteiger partial charge in [-0.1, -0.05) is 39.8 Å². The van der Waals surface area contributed by atoms with Gasteiger partial charge in [0.2, 0.25) is 5.91 Å². The molecule has 0 saturated heterocycles. The number of aromatic hydroxyl groups is 1. The van der Waals surface area contributed by atoms with Crippen LogP contribution in [0.1, 0.15) is 12.0 Å². The molecule has 2 N–H and O–H groups in total. The van der Waals surface area contributed by atoms with Crippen molar-refractivity contribution in [2.45, 2.75) is 11.6 Å². The van der Waals surface area contributed by atoms with Gasteiger partial charge in [0.1, 0.15) is 5.75 Å². The lowest BCUT2D eigenvalue weighted by Gasteiger charge is -2.07. The number of carbonyl (C=O) groups excluding carboxylic acids is 1. The van der Waals surface area contributed by atoms with E-state index in [1.165, 1.54) is 36.0 Å². The highest BCUT2D eigenvalue weighted by Gasteiger charge is 2.16. The number of phenolic OH excluding ortho intramolecular Hbond substituents is 1. The number of benzene rings is 2. The summed E-state index contributed by atoms with van der Waals surface area (Å²) in [6.07, 6.45) is -2.55. The third-order valence-electron chi connectivity index (χ3n) is 3.81. The van der Waals surface area contributed by atoms with Crippen molar-refractivity contribution < 1.29 is 18.7 Å². The highest BCUT2D eigenvalue weighted by atomic mass is 79.9. The van der Waals surface area contributed by atoms with E-state index in [0.717, 1.165) is 4.47 Å². The number of aromatic nitrogens is 3. The number of nitrogens with zero attached hydrogens (tertiary/aromatic N) is 3. The normalized spacial score (nSPS) is 11.0. The number of nitrogens with one attached hydrogen (secondary N) is 1. The molecular weight excluding hydrogens is 454 g/mol. The fraction of sp³-hybridized carbons (Fsp3) is 0.167. The van der Waals surface area contributed by atoms with E-state index in [9.17, 15) is 18.7 Å². The van der Waals surface area contributed by atoms with E-state index in [0.29, 0.717) is 22.2 Å². The minimum atomic E-state index is -2.55. The second kappa shape index (κ2) is 8.70. The Balaban J connectivity index is 1.64. The molecule has 2 aromatic carbocycles. The molecule has 0 unspecified atom stereocenters. The Morgan fingerprint density at radius 1 is 1.25 bits per heavy atom. The third kappa shape index (κ3) is 4.68. The van der Waals surface area contributed by atoms with Crippen LogP contribution in [0, 0.1) is 0 Å². The lowest BCUT2D eigenvalue weighted by Crippen LogP contribution is -2.14. The van der Waals surface area contributed by atoms with Crippen LogP contribution in [0.15, 0.2) is 52.1 Å². The van der Waals surface area contributed by atoms with Gasteiger partial charge in [-0.2, -0.15) is 0 Å². The first-order chi connectivity index (χ1) is 13.3. The van der Waals surface area contributed by atoms with Crippen LogP contribution in [0.4, 0.5) is 14.5 Å². The van der Waals surface area contributed by atoms with Crippen molar-refractivity contribution >= 4 is 39.3 Å². The molecule has 0 bridgehead atoms. The fourth-order valence-corrected chi connectivity index (χ4v) is 3.47. The van der Waals surface area contributed by atoms with Gasteiger partial charge in [-0.3, -0.25) is 4.79 Å². The maximum atomic E-state index is 12.6. The fourth-order valence-electron chi connectivity index (χ4n) is 2.40. The lowest BCUT2D eigenvalue weighted by molar-refractivity contribution is -0.113. The minimum absolute atomic E-state index is 0.0625. The second-order valence-corrected chi connectivity index (χ2v) is 7.64. The molecule has 146 valence electrons. The van der Waals surface area contributed by atoms with Crippen LogP contribution in [0.5, 0.6) is 5.75 Å². The zero-order valence-corrected chi connectivity index (χ0v) is 17.0. The summed E-state index contributed by atoms with van der Waals surface area (Å²) in [5.41, 5.74) is 0.849. The third-order valence-corrected chi connectivity index (χ3v) is 5.33. The van der Waals surface area contributed by atoms with Gasteiger partial charge >= 0.3 is 0 Å². The Morgan fingerprint density at radius 2 is 1.96 bits per heavy atom. The molecular formula is C18H15BrF2N4O2S. The Kier molecular flexibility index (Phi) is 6.30. The van der Waals surface area contributed by atoms with Gasteiger partial charge in [-0.05, 0) is 30.3 Å². The quantitative estimate of drug-likeness (QED) is 0.516. The first-order valence-electron chi connectivity index (χ1n) is 8.04. The number of rotatable bonds is 6. The van der Waals surface area contributed by atoms with Gasteiger partial charge in [0.25, 0.3) is 6.43 Å². The molecule has 0 atom stereocenters. The summed E-state index contributed by atoms with van der Waals surface area (Å²) < 4.78 is 27.6. The van der Waals surface area contributed by atoms with E-state index in [4.69, 9.17) is 0 Å². The molecule has 0 saturated carbocycles. The number of alkyl halides is 2. The average molecular weight is 469 g/mol. The van der Waals surface area contributed by atoms with Gasteiger partial charge in [-0.25, -0.2) is 8.78 Å². The molecule has 0 aliphatic rings. The van der Waals surface area contributed by atoms with Crippen LogP contribution in [0.25, 0.3) is 11.4 Å². The van der Waals surface area contributed by atoms with Crippen molar-refractivity contribution in [1.29, 1.82) is 0 Å². The van der Waals surface area contributed by atoms with E-state index in [1.54, 1.807) is 29.8 Å². The summed E-state index contributed by atoms with van der Waals surface area (Å²) in [4.78, 5) is 12.1. The first-order valence-corrected chi connectivity index (χ1v) is 9.82. The molecule has 6 nitrogen and oxygen atoms in total. The van der Waals surface area contributed by atoms with E-state index in [2.05, 4.69) is 31.4 Å². The second-order valence-electron chi connectivity index (χ2n) is 5.79. The predicted molar refractivity (Wildman–Crippen MR) is 107 cm³/mol. The number of thioether (sulfide) groups is 1. The van der Waals surface area contributed by atoms with E-state index in [1.807, 2.05) is 0 Å². The number of anilines is 1. The number of carbonyl (C=O) groups is 1. The molecule has 0 aliphatic carbocycles. The van der Waals surface area contributed by atoms with E-state index >= 15 is 0 Å². The van der Waals surface area contributed by atoms with Crippen molar-refractivity contribution in [3.05, 3.63) is 52.5 Å². The summed E-state index contributed by atoms with van der Waals surface area (Å²) in [5.74, 6) is 0.293. The maximum absolute atomic E-state index is 12.6. The molecule has 0 spiro atoms. The SMILES string of the molecule is Cn1c(SCC(=O)Nc2ccc(C(F)F)cc2)nnc1-c1cc(Br)ccc1O. The summed E-state index contributed by atoms with van der Waals surface area (Å²) in [5, 5.41) is 21.3. The topological polar surface area (TPSA) is 80.0 Å². The maximum Gasteiger partial charge on any atom is 0.263 e. The standard InChI is InChI=1S/C18H15BrF2N4O2S/c1-25-17(13-8-11(19)4-7-14(13)26)23-24-18(25)28-9-15(27)22-12-5-2-10(3-6-12)16(20)21/h2-8,16,26H,9H2,1H3,(H,22,27). The van der Waals surface area contributed by atoms with Crippen molar-refractivity contribution in [2.24, 2.45) is 7.05 Å². The molecule has 3 aromatic rings. The zero-order valence-electron chi connectivity index (χ0n) is 14.6. The van der Waals surface area contributed by atoms with Crippen LogP contribution >= 0.6 is 27.7 Å². The minimum Gasteiger partial charge on any atom is -0.507 e. The number of halogens is 3. The summed E-state index contributed by atoms with van der Waals surface area (Å²) in [6, 6.07) is 10.4. The van der Waals surface area contributed by atoms with Crippen LogP contribution in [-0.2, 0) is 11.8 Å². The Bertz CT molecular complexity index is 996. The van der Waals surface area contributed by atoms with Crippen LogP contribution in [0.3, 0.4) is 0 Å². The average Bonchev–Trinajstić information content (AvgIpc) is 3.03. The molecule has 10 heteroatoms. The molecule has 1 amide bonds. The van der Waals surface area contributed by atoms with Crippen LogP contribution in [-0.4, -0.2) is 31.5 Å². The summed E-state index contributed by atoms with van der Waals surface area (Å²) >= 11 is 4.52. The monoisotopic (exact) mass is 468 g/mol. The molecule has 0 radical (unpaired) electrons. The summed E-state index contributed by atoms with van der Waals surface area (Å²) in [6.45, 7) is 0. The Labute approximate surface area is 172 Å². The van der Waals surface area contributed by atoms with Gasteiger partial charge in [-0.15, -0.1) is 10.2 Å². The number of hydrogen-bond donors (Lipinski definition) is 2. The summed E-state index contributed by atoms with van der Waals surface area (Å²) in [7, 11) is 1.74. The molecule has 0 aliphatic heterocycles. The van der Waals surface area contributed by atoms with Crippen molar-refractivity contribution in [2.75, 3.05) is 11.1 Å². The van der Waals surface area contributed by atoms with Crippen LogP contribution < -0.4 is 5.32 Å². The molecule has 28 heavy (non-hydrogen) atoms. The molecule has 1 aromatic heterocycles. The smallest absolute Gasteiger partial charge is 0.263 e. The highest BCUT2D eigenvalue weighted by Crippen LogP contribution is 2.32. The lowest BCUT2D eigenvalue weighted by atomic mass is 10.2. The molecule has 3 rings (SSSR count). The molecule has 1 heterocycles. The number of amides is 1. The zero-order chi connectivity index (χ0) is 20.3. The van der Waals surface area contributed by atoms with Gasteiger partial charge in [0, 0.05) is 22.8 Å². The van der Waals surface area contributed by atoms with E-state index in [-0.39, 0.29) is 23.0 Å². The number of hydrogen-bond acceptors (Lipinski definition) is 5.